The van der Waals surface area contributed by atoms with Gasteiger partial charge in [0, 0.05) is 5.56 Å². The normalized spacial score (nSPS) is 12.3. The molecule has 1 aromatic carbocycles. The van der Waals surface area contributed by atoms with Gasteiger partial charge in [-0.25, -0.2) is 4.79 Å². The van der Waals surface area contributed by atoms with Crippen molar-refractivity contribution in [3.63, 3.8) is 0 Å². The van der Waals surface area contributed by atoms with E-state index in [4.69, 9.17) is 9.84 Å². The summed E-state index contributed by atoms with van der Waals surface area (Å²) in [5.41, 5.74) is 0.418. The molecule has 0 aliphatic heterocycles. The van der Waals surface area contributed by atoms with Gasteiger partial charge in [0.15, 0.2) is 0 Å². The summed E-state index contributed by atoms with van der Waals surface area (Å²) in [4.78, 5) is 23.2. The lowest BCUT2D eigenvalue weighted by Crippen LogP contribution is -2.41. The van der Waals surface area contributed by atoms with Gasteiger partial charge in [-0.2, -0.15) is 0 Å². The minimum Gasteiger partial charge on any atom is -0.491 e. The van der Waals surface area contributed by atoms with Crippen LogP contribution in [-0.2, 0) is 4.79 Å². The fourth-order valence-corrected chi connectivity index (χ4v) is 1.89. The van der Waals surface area contributed by atoms with Crippen molar-refractivity contribution in [1.82, 2.24) is 5.32 Å². The lowest BCUT2D eigenvalue weighted by atomic mass is 10.0. The molecule has 0 bridgehead atoms. The Balaban J connectivity index is 2.71. The Hall–Kier alpha value is -2.04. The highest BCUT2D eigenvalue weighted by Crippen LogP contribution is 2.14. The minimum atomic E-state index is -1.02. The monoisotopic (exact) mass is 293 g/mol. The van der Waals surface area contributed by atoms with Gasteiger partial charge in [-0.15, -0.1) is 0 Å². The Bertz CT molecular complexity index is 480. The lowest BCUT2D eigenvalue weighted by molar-refractivity contribution is -0.139. The summed E-state index contributed by atoms with van der Waals surface area (Å²) in [6.07, 6.45) is 0.461. The van der Waals surface area contributed by atoms with Gasteiger partial charge in [-0.1, -0.05) is 13.8 Å². The second-order valence-electron chi connectivity index (χ2n) is 5.68. The van der Waals surface area contributed by atoms with E-state index >= 15 is 0 Å². The first-order valence-corrected chi connectivity index (χ1v) is 7.10. The molecule has 0 aliphatic carbocycles. The Kier molecular flexibility index (Phi) is 6.21. The molecule has 5 heteroatoms. The number of nitrogens with one attached hydrogen (secondary N) is 1. The molecule has 0 spiro atoms. The smallest absolute Gasteiger partial charge is 0.326 e. The lowest BCUT2D eigenvalue weighted by Gasteiger charge is -2.16. The van der Waals surface area contributed by atoms with Crippen molar-refractivity contribution in [2.45, 2.75) is 46.3 Å². The van der Waals surface area contributed by atoms with Gasteiger partial charge in [0.2, 0.25) is 0 Å². The molecular formula is C16H23NO4. The van der Waals surface area contributed by atoms with Crippen LogP contribution < -0.4 is 10.1 Å². The van der Waals surface area contributed by atoms with Gasteiger partial charge in [0.05, 0.1) is 6.10 Å². The Morgan fingerprint density at radius 1 is 1.14 bits per heavy atom. The molecule has 0 heterocycles. The number of aliphatic carboxylic acids is 1. The number of benzene rings is 1. The third-order valence-electron chi connectivity index (χ3n) is 2.80. The van der Waals surface area contributed by atoms with Crippen LogP contribution in [-0.4, -0.2) is 29.1 Å². The van der Waals surface area contributed by atoms with E-state index in [0.717, 1.165) is 0 Å². The molecule has 1 atom stereocenters. The van der Waals surface area contributed by atoms with E-state index in [2.05, 4.69) is 5.32 Å². The molecule has 0 saturated carbocycles. The van der Waals surface area contributed by atoms with Gasteiger partial charge in [0.1, 0.15) is 11.8 Å². The average Bonchev–Trinajstić information content (AvgIpc) is 2.37. The summed E-state index contributed by atoms with van der Waals surface area (Å²) in [5, 5.41) is 11.7. The summed E-state index contributed by atoms with van der Waals surface area (Å²) < 4.78 is 5.50. The third kappa shape index (κ3) is 5.85. The summed E-state index contributed by atoms with van der Waals surface area (Å²) in [5.74, 6) is -0.539. The van der Waals surface area contributed by atoms with Crippen molar-refractivity contribution in [1.29, 1.82) is 0 Å². The van der Waals surface area contributed by atoms with Crippen molar-refractivity contribution in [2.24, 2.45) is 5.92 Å². The number of amides is 1. The molecule has 116 valence electrons. The molecule has 0 aliphatic rings. The van der Waals surface area contributed by atoms with Crippen molar-refractivity contribution >= 4 is 11.9 Å². The van der Waals surface area contributed by atoms with Gasteiger partial charge in [-0.3, -0.25) is 4.79 Å². The highest BCUT2D eigenvalue weighted by atomic mass is 16.5. The first-order chi connectivity index (χ1) is 9.79. The van der Waals surface area contributed by atoms with E-state index in [-0.39, 0.29) is 17.9 Å². The third-order valence-corrected chi connectivity index (χ3v) is 2.80. The average molecular weight is 293 g/mol. The fraction of sp³-hybridized carbons (Fsp3) is 0.500. The summed E-state index contributed by atoms with van der Waals surface area (Å²) >= 11 is 0. The molecule has 0 radical (unpaired) electrons. The summed E-state index contributed by atoms with van der Waals surface area (Å²) in [7, 11) is 0. The van der Waals surface area contributed by atoms with Crippen LogP contribution in [0.2, 0.25) is 0 Å². The maximum absolute atomic E-state index is 12.1. The van der Waals surface area contributed by atoms with Crippen molar-refractivity contribution in [3.05, 3.63) is 29.8 Å². The molecule has 0 saturated heterocycles. The number of hydrogen-bond donors (Lipinski definition) is 2. The van der Waals surface area contributed by atoms with E-state index in [0.29, 0.717) is 17.7 Å². The summed E-state index contributed by atoms with van der Waals surface area (Å²) in [6.45, 7) is 7.67. The van der Waals surface area contributed by atoms with Gasteiger partial charge >= 0.3 is 5.97 Å². The fourth-order valence-electron chi connectivity index (χ4n) is 1.89. The predicted octanol–water partition coefficient (Wildman–Crippen LogP) is 2.70. The molecule has 0 aromatic heterocycles. The van der Waals surface area contributed by atoms with E-state index in [1.807, 2.05) is 27.7 Å². The molecule has 0 fully saturated rings. The zero-order valence-corrected chi connectivity index (χ0v) is 12.9. The van der Waals surface area contributed by atoms with Crippen LogP contribution in [0.25, 0.3) is 0 Å². The molecule has 2 N–H and O–H groups in total. The van der Waals surface area contributed by atoms with Crippen LogP contribution in [0, 0.1) is 5.92 Å². The Morgan fingerprint density at radius 3 is 2.14 bits per heavy atom. The second-order valence-corrected chi connectivity index (χ2v) is 5.68. The van der Waals surface area contributed by atoms with Gasteiger partial charge < -0.3 is 15.2 Å². The maximum Gasteiger partial charge on any atom is 0.326 e. The van der Waals surface area contributed by atoms with Crippen LogP contribution in [0.1, 0.15) is 44.5 Å². The number of carbonyl (C=O) groups excluding carboxylic acids is 1. The number of carbonyl (C=O) groups is 2. The molecule has 1 aromatic rings. The van der Waals surface area contributed by atoms with Gasteiger partial charge in [0.25, 0.3) is 5.91 Å². The number of carboxylic acids is 1. The van der Waals surface area contributed by atoms with Gasteiger partial charge in [-0.05, 0) is 50.5 Å². The van der Waals surface area contributed by atoms with Crippen molar-refractivity contribution < 1.29 is 19.4 Å². The second kappa shape index (κ2) is 7.67. The van der Waals surface area contributed by atoms with E-state index in [1.165, 1.54) is 0 Å². The van der Waals surface area contributed by atoms with Crippen LogP contribution in [0.4, 0.5) is 0 Å². The van der Waals surface area contributed by atoms with Crippen molar-refractivity contribution in [3.8, 4) is 5.75 Å². The maximum atomic E-state index is 12.1. The van der Waals surface area contributed by atoms with Crippen LogP contribution in [0.5, 0.6) is 5.75 Å². The molecule has 1 amide bonds. The zero-order chi connectivity index (χ0) is 16.0. The van der Waals surface area contributed by atoms with Crippen molar-refractivity contribution in [2.75, 3.05) is 0 Å². The SMILES string of the molecule is CC(C)C[C@H](NC(=O)c1ccc(OC(C)C)cc1)C(=O)O. The zero-order valence-electron chi connectivity index (χ0n) is 12.9. The molecule has 21 heavy (non-hydrogen) atoms. The van der Waals surface area contributed by atoms with Crippen LogP contribution in [0.3, 0.4) is 0 Å². The van der Waals surface area contributed by atoms with E-state index in [9.17, 15) is 9.59 Å². The molecule has 0 unspecified atom stereocenters. The topological polar surface area (TPSA) is 75.6 Å². The quantitative estimate of drug-likeness (QED) is 0.810. The molecular weight excluding hydrogens is 270 g/mol. The number of carboxylic acid groups (broad SMARTS) is 1. The van der Waals surface area contributed by atoms with Crippen LogP contribution in [0.15, 0.2) is 24.3 Å². The molecule has 5 nitrogen and oxygen atoms in total. The Labute approximate surface area is 125 Å². The first-order valence-electron chi connectivity index (χ1n) is 7.10. The predicted molar refractivity (Wildman–Crippen MR) is 80.6 cm³/mol. The summed E-state index contributed by atoms with van der Waals surface area (Å²) in [6, 6.07) is 5.78. The van der Waals surface area contributed by atoms with E-state index < -0.39 is 12.0 Å². The van der Waals surface area contributed by atoms with E-state index in [1.54, 1.807) is 24.3 Å². The van der Waals surface area contributed by atoms with Crippen LogP contribution >= 0.6 is 0 Å². The highest BCUT2D eigenvalue weighted by Gasteiger charge is 2.21. The Morgan fingerprint density at radius 2 is 1.71 bits per heavy atom. The minimum absolute atomic E-state index is 0.0621. The first kappa shape index (κ1) is 17.0. The largest absolute Gasteiger partial charge is 0.491 e. The highest BCUT2D eigenvalue weighted by molar-refractivity contribution is 5.96. The number of hydrogen-bond acceptors (Lipinski definition) is 3. The molecule has 1 rings (SSSR count). The number of ether oxygens (including phenoxy) is 1. The number of rotatable bonds is 7. The standard InChI is InChI=1S/C16H23NO4/c1-10(2)9-14(16(19)20)17-15(18)12-5-7-13(8-6-12)21-11(3)4/h5-8,10-11,14H,9H2,1-4H3,(H,17,18)(H,19,20)/t14-/m0/s1.